The Bertz CT molecular complexity index is 579. The van der Waals surface area contributed by atoms with E-state index in [4.69, 9.17) is 0 Å². The predicted molar refractivity (Wildman–Crippen MR) is 119 cm³/mol. The lowest BCUT2D eigenvalue weighted by Crippen LogP contribution is -2.52. The fourth-order valence-corrected chi connectivity index (χ4v) is 8.62. The van der Waals surface area contributed by atoms with E-state index in [2.05, 4.69) is 46.8 Å². The summed E-state index contributed by atoms with van der Waals surface area (Å²) in [6.45, 7) is 12.6. The number of fused-ring (bicyclic) bond motifs is 5. The van der Waals surface area contributed by atoms with Gasteiger partial charge >= 0.3 is 0 Å². The number of rotatable bonds is 5. The Kier molecular flexibility index (Phi) is 5.80. The SMILES string of the molecule is CC(C)CCC[C@@H](C)[C@H]1CC[C@H]2[C@@H]3C=C[C@H]4C[C@H](O)CC[C@]4(C)[C@H]3CC[C@]12C. The third-order valence-electron chi connectivity index (χ3n) is 10.3. The van der Waals surface area contributed by atoms with Crippen LogP contribution < -0.4 is 0 Å². The normalized spacial score (nSPS) is 48.8. The molecule has 4 rings (SSSR count). The van der Waals surface area contributed by atoms with Crippen molar-refractivity contribution in [2.24, 2.45) is 52.3 Å². The first-order valence-corrected chi connectivity index (χ1v) is 12.6. The summed E-state index contributed by atoms with van der Waals surface area (Å²) in [6.07, 6.45) is 18.5. The van der Waals surface area contributed by atoms with Crippen molar-refractivity contribution in [1.29, 1.82) is 0 Å². The molecule has 0 unspecified atom stereocenters. The molecular formula is C27H46O. The first-order chi connectivity index (χ1) is 13.3. The summed E-state index contributed by atoms with van der Waals surface area (Å²) in [4.78, 5) is 0. The molecule has 1 heteroatoms. The molecule has 0 amide bonds. The van der Waals surface area contributed by atoms with Crippen LogP contribution in [0.1, 0.15) is 98.8 Å². The summed E-state index contributed by atoms with van der Waals surface area (Å²) in [5.41, 5.74) is 1.01. The summed E-state index contributed by atoms with van der Waals surface area (Å²) < 4.78 is 0. The molecule has 3 saturated carbocycles. The molecule has 160 valence electrons. The molecule has 4 aliphatic rings. The molecule has 0 aromatic heterocycles. The van der Waals surface area contributed by atoms with E-state index in [1.165, 1.54) is 51.4 Å². The van der Waals surface area contributed by atoms with E-state index in [1.54, 1.807) is 0 Å². The van der Waals surface area contributed by atoms with Crippen LogP contribution in [0.25, 0.3) is 0 Å². The number of hydrogen-bond acceptors (Lipinski definition) is 1. The Morgan fingerprint density at radius 2 is 1.61 bits per heavy atom. The van der Waals surface area contributed by atoms with Gasteiger partial charge in [-0.15, -0.1) is 0 Å². The second kappa shape index (κ2) is 7.75. The summed E-state index contributed by atoms with van der Waals surface area (Å²) >= 11 is 0. The van der Waals surface area contributed by atoms with Gasteiger partial charge in [-0.25, -0.2) is 0 Å². The number of hydrogen-bond donors (Lipinski definition) is 1. The molecule has 1 N–H and O–H groups in total. The van der Waals surface area contributed by atoms with E-state index < -0.39 is 0 Å². The van der Waals surface area contributed by atoms with Crippen LogP contribution in [0.3, 0.4) is 0 Å². The van der Waals surface area contributed by atoms with Gasteiger partial charge < -0.3 is 5.11 Å². The van der Waals surface area contributed by atoms with E-state index in [1.807, 2.05) is 0 Å². The maximum Gasteiger partial charge on any atom is 0.0546 e. The van der Waals surface area contributed by atoms with Crippen molar-refractivity contribution in [1.82, 2.24) is 0 Å². The van der Waals surface area contributed by atoms with Crippen molar-refractivity contribution in [3.63, 3.8) is 0 Å². The van der Waals surface area contributed by atoms with Crippen LogP contribution >= 0.6 is 0 Å². The molecule has 0 saturated heterocycles. The smallest absolute Gasteiger partial charge is 0.0546 e. The van der Waals surface area contributed by atoms with Crippen LogP contribution in [0.2, 0.25) is 0 Å². The Morgan fingerprint density at radius 1 is 0.893 bits per heavy atom. The molecule has 0 aromatic rings. The molecule has 0 radical (unpaired) electrons. The molecule has 0 spiro atoms. The third-order valence-corrected chi connectivity index (χ3v) is 10.3. The fourth-order valence-electron chi connectivity index (χ4n) is 8.62. The Morgan fingerprint density at radius 3 is 2.36 bits per heavy atom. The zero-order chi connectivity index (χ0) is 20.1. The minimum atomic E-state index is -0.0596. The topological polar surface area (TPSA) is 20.2 Å². The third kappa shape index (κ3) is 3.42. The molecule has 28 heavy (non-hydrogen) atoms. The van der Waals surface area contributed by atoms with Crippen molar-refractivity contribution >= 4 is 0 Å². The van der Waals surface area contributed by atoms with Crippen molar-refractivity contribution in [2.45, 2.75) is 105 Å². The molecular weight excluding hydrogens is 340 g/mol. The van der Waals surface area contributed by atoms with Crippen LogP contribution in [0, 0.1) is 52.3 Å². The van der Waals surface area contributed by atoms with E-state index in [0.29, 0.717) is 16.7 Å². The monoisotopic (exact) mass is 386 g/mol. The molecule has 1 nitrogen and oxygen atoms in total. The number of allylic oxidation sites excluding steroid dienone is 2. The van der Waals surface area contributed by atoms with Gasteiger partial charge in [-0.3, -0.25) is 0 Å². The summed E-state index contributed by atoms with van der Waals surface area (Å²) in [6, 6.07) is 0. The van der Waals surface area contributed by atoms with Gasteiger partial charge in [-0.2, -0.15) is 0 Å². The highest BCUT2D eigenvalue weighted by Crippen LogP contribution is 2.67. The molecule has 0 aliphatic heterocycles. The fraction of sp³-hybridized carbons (Fsp3) is 0.926. The first-order valence-electron chi connectivity index (χ1n) is 12.6. The standard InChI is InChI=1S/C27H46O/c1-18(2)7-6-8-19(3)23-11-12-24-22-10-9-20-17-21(28)13-15-26(20,4)25(22)14-16-27(23,24)5/h9-10,18-25,28H,6-8,11-17H2,1-5H3/t19-,20+,21-,22+,23-,24+,25+,26+,27-/m1/s1. The number of aliphatic hydroxyl groups is 1. The maximum absolute atomic E-state index is 10.2. The van der Waals surface area contributed by atoms with E-state index >= 15 is 0 Å². The van der Waals surface area contributed by atoms with Gasteiger partial charge in [0.15, 0.2) is 0 Å². The molecule has 4 aliphatic carbocycles. The summed E-state index contributed by atoms with van der Waals surface area (Å²) in [5.74, 6) is 5.89. The maximum atomic E-state index is 10.2. The van der Waals surface area contributed by atoms with Gasteiger partial charge in [0, 0.05) is 0 Å². The van der Waals surface area contributed by atoms with Gasteiger partial charge in [0.2, 0.25) is 0 Å². The van der Waals surface area contributed by atoms with E-state index in [0.717, 1.165) is 48.3 Å². The predicted octanol–water partition coefficient (Wildman–Crippen LogP) is 7.24. The lowest BCUT2D eigenvalue weighted by Gasteiger charge is -2.59. The summed E-state index contributed by atoms with van der Waals surface area (Å²) in [7, 11) is 0. The zero-order valence-corrected chi connectivity index (χ0v) is 19.3. The van der Waals surface area contributed by atoms with Crippen molar-refractivity contribution in [3.05, 3.63) is 12.2 Å². The van der Waals surface area contributed by atoms with Gasteiger partial charge in [-0.05, 0) is 97.2 Å². The summed E-state index contributed by atoms with van der Waals surface area (Å²) in [5, 5.41) is 10.2. The average Bonchev–Trinajstić information content (AvgIpc) is 2.99. The average molecular weight is 387 g/mol. The van der Waals surface area contributed by atoms with Crippen LogP contribution in [0.15, 0.2) is 12.2 Å². The quantitative estimate of drug-likeness (QED) is 0.493. The van der Waals surface area contributed by atoms with Gasteiger partial charge in [0.25, 0.3) is 0 Å². The lowest BCUT2D eigenvalue weighted by molar-refractivity contribution is -0.0813. The highest BCUT2D eigenvalue weighted by molar-refractivity contribution is 5.18. The second-order valence-electron chi connectivity index (χ2n) is 12.2. The van der Waals surface area contributed by atoms with Crippen LogP contribution in [-0.2, 0) is 0 Å². The minimum Gasteiger partial charge on any atom is -0.393 e. The van der Waals surface area contributed by atoms with Crippen molar-refractivity contribution in [3.8, 4) is 0 Å². The minimum absolute atomic E-state index is 0.0596. The highest BCUT2D eigenvalue weighted by Gasteiger charge is 2.59. The van der Waals surface area contributed by atoms with Crippen LogP contribution in [-0.4, -0.2) is 11.2 Å². The molecule has 3 fully saturated rings. The molecule has 0 heterocycles. The van der Waals surface area contributed by atoms with Crippen molar-refractivity contribution in [2.75, 3.05) is 0 Å². The van der Waals surface area contributed by atoms with Crippen LogP contribution in [0.4, 0.5) is 0 Å². The Hall–Kier alpha value is -0.300. The molecule has 9 atom stereocenters. The lowest BCUT2D eigenvalue weighted by atomic mass is 9.46. The van der Waals surface area contributed by atoms with Gasteiger partial charge in [0.1, 0.15) is 0 Å². The largest absolute Gasteiger partial charge is 0.393 e. The van der Waals surface area contributed by atoms with E-state index in [9.17, 15) is 5.11 Å². The molecule has 0 bridgehead atoms. The Balaban J connectivity index is 1.49. The van der Waals surface area contributed by atoms with Gasteiger partial charge in [-0.1, -0.05) is 66.0 Å². The zero-order valence-electron chi connectivity index (χ0n) is 19.3. The van der Waals surface area contributed by atoms with Crippen molar-refractivity contribution < 1.29 is 5.11 Å². The highest BCUT2D eigenvalue weighted by atomic mass is 16.3. The second-order valence-corrected chi connectivity index (χ2v) is 12.2. The number of aliphatic hydroxyl groups excluding tert-OH is 1. The first kappa shape index (κ1) is 21.0. The van der Waals surface area contributed by atoms with Gasteiger partial charge in [0.05, 0.1) is 6.10 Å². The van der Waals surface area contributed by atoms with E-state index in [-0.39, 0.29) is 6.10 Å². The molecule has 0 aromatic carbocycles. The Labute approximate surface area is 174 Å². The van der Waals surface area contributed by atoms with Crippen LogP contribution in [0.5, 0.6) is 0 Å².